The van der Waals surface area contributed by atoms with E-state index >= 15 is 0 Å². The molecule has 2 rings (SSSR count). The fraction of sp³-hybridized carbons (Fsp3) is 0.357. The predicted molar refractivity (Wildman–Crippen MR) is 74.3 cm³/mol. The molecule has 0 amide bonds. The van der Waals surface area contributed by atoms with Crippen LogP contribution in [0.1, 0.15) is 25.1 Å². The lowest BCUT2D eigenvalue weighted by Gasteiger charge is -2.08. The van der Waals surface area contributed by atoms with E-state index in [1.54, 1.807) is 0 Å². The van der Waals surface area contributed by atoms with Crippen LogP contribution in [0, 0.1) is 5.92 Å². The first-order valence-electron chi connectivity index (χ1n) is 6.47. The summed E-state index contributed by atoms with van der Waals surface area (Å²) in [5, 5.41) is 2.85. The first kappa shape index (κ1) is 15.2. The van der Waals surface area contributed by atoms with Crippen LogP contribution in [-0.2, 0) is 12.6 Å². The van der Waals surface area contributed by atoms with Gasteiger partial charge in [0.25, 0.3) is 5.56 Å². The molecule has 2 aromatic rings. The Hall–Kier alpha value is -2.18. The molecule has 0 atom stereocenters. The predicted octanol–water partition coefficient (Wildman–Crippen LogP) is 2.97. The number of nitrogens with one attached hydrogen (secondary N) is 1. The summed E-state index contributed by atoms with van der Waals surface area (Å²) in [5.74, 6) is 0.298. The van der Waals surface area contributed by atoms with E-state index in [-0.39, 0.29) is 5.69 Å². The number of anilines is 1. The highest BCUT2D eigenvalue weighted by Gasteiger charge is 2.30. The zero-order valence-corrected chi connectivity index (χ0v) is 11.7. The number of aromatic nitrogens is 2. The molecule has 21 heavy (non-hydrogen) atoms. The molecule has 4 nitrogen and oxygen atoms in total. The Balaban J connectivity index is 2.41. The second-order valence-corrected chi connectivity index (χ2v) is 5.29. The van der Waals surface area contributed by atoms with Crippen LogP contribution >= 0.6 is 0 Å². The topological polar surface area (TPSA) is 63.8 Å². The summed E-state index contributed by atoms with van der Waals surface area (Å²) >= 11 is 0. The largest absolute Gasteiger partial charge is 0.416 e. The van der Waals surface area contributed by atoms with Crippen LogP contribution < -0.4 is 11.3 Å². The van der Waals surface area contributed by atoms with Crippen molar-refractivity contribution in [2.24, 2.45) is 5.92 Å². The third-order valence-electron chi connectivity index (χ3n) is 3.07. The van der Waals surface area contributed by atoms with E-state index in [4.69, 9.17) is 5.73 Å². The molecule has 1 heterocycles. The summed E-state index contributed by atoms with van der Waals surface area (Å²) in [5.41, 5.74) is 5.54. The standard InChI is InChI=1S/C14H16F3N3O/c1-8(2)7-11-12(18)13(21)20(19-11)10-5-3-9(4-6-10)14(15,16)17/h3-6,8,19H,7,18H2,1-2H3. The fourth-order valence-corrected chi connectivity index (χ4v) is 2.04. The van der Waals surface area contributed by atoms with Crippen molar-refractivity contribution in [2.45, 2.75) is 26.4 Å². The highest BCUT2D eigenvalue weighted by Crippen LogP contribution is 2.29. The van der Waals surface area contributed by atoms with Gasteiger partial charge < -0.3 is 5.73 Å². The Morgan fingerprint density at radius 2 is 1.81 bits per heavy atom. The zero-order chi connectivity index (χ0) is 15.8. The van der Waals surface area contributed by atoms with Gasteiger partial charge in [-0.3, -0.25) is 9.89 Å². The average Bonchev–Trinajstić information content (AvgIpc) is 2.66. The molecule has 0 aliphatic carbocycles. The minimum absolute atomic E-state index is 0.101. The summed E-state index contributed by atoms with van der Waals surface area (Å²) in [6.45, 7) is 3.96. The van der Waals surface area contributed by atoms with Gasteiger partial charge in [-0.05, 0) is 36.6 Å². The molecule has 0 aliphatic heterocycles. The van der Waals surface area contributed by atoms with E-state index in [0.717, 1.165) is 16.8 Å². The zero-order valence-electron chi connectivity index (χ0n) is 11.7. The van der Waals surface area contributed by atoms with Crippen LogP contribution in [0.5, 0.6) is 0 Å². The Morgan fingerprint density at radius 3 is 2.29 bits per heavy atom. The average molecular weight is 299 g/mol. The molecule has 0 fully saturated rings. The van der Waals surface area contributed by atoms with Gasteiger partial charge in [0.15, 0.2) is 0 Å². The van der Waals surface area contributed by atoms with Gasteiger partial charge in [-0.1, -0.05) is 13.8 Å². The quantitative estimate of drug-likeness (QED) is 0.915. The van der Waals surface area contributed by atoms with Gasteiger partial charge >= 0.3 is 6.18 Å². The highest BCUT2D eigenvalue weighted by molar-refractivity contribution is 5.45. The number of nitrogens with two attached hydrogens (primary N) is 1. The maximum Gasteiger partial charge on any atom is 0.416 e. The number of aromatic amines is 1. The molecule has 1 aromatic carbocycles. The van der Waals surface area contributed by atoms with Crippen LogP contribution in [0.2, 0.25) is 0 Å². The van der Waals surface area contributed by atoms with Crippen LogP contribution in [0.4, 0.5) is 18.9 Å². The minimum atomic E-state index is -4.40. The number of alkyl halides is 3. The normalized spacial score (nSPS) is 12.1. The van der Waals surface area contributed by atoms with Crippen molar-refractivity contribution in [3.8, 4) is 5.69 Å². The van der Waals surface area contributed by atoms with Crippen molar-refractivity contribution in [1.82, 2.24) is 9.78 Å². The Labute approximate surface area is 119 Å². The number of nitrogens with zero attached hydrogens (tertiary/aromatic N) is 1. The van der Waals surface area contributed by atoms with E-state index < -0.39 is 17.3 Å². The summed E-state index contributed by atoms with van der Waals surface area (Å²) < 4.78 is 38.7. The lowest BCUT2D eigenvalue weighted by Crippen LogP contribution is -2.17. The molecule has 0 radical (unpaired) electrons. The third kappa shape index (κ3) is 3.12. The van der Waals surface area contributed by atoms with Gasteiger partial charge in [0, 0.05) is 0 Å². The van der Waals surface area contributed by atoms with E-state index in [1.807, 2.05) is 13.8 Å². The number of hydrogen-bond donors (Lipinski definition) is 2. The molecule has 0 saturated heterocycles. The monoisotopic (exact) mass is 299 g/mol. The van der Waals surface area contributed by atoms with E-state index in [1.165, 1.54) is 12.1 Å². The smallest absolute Gasteiger partial charge is 0.393 e. The van der Waals surface area contributed by atoms with Gasteiger partial charge in [0.2, 0.25) is 0 Å². The van der Waals surface area contributed by atoms with Crippen LogP contribution in [0.15, 0.2) is 29.1 Å². The molecular formula is C14H16F3N3O. The lowest BCUT2D eigenvalue weighted by molar-refractivity contribution is -0.137. The molecule has 7 heteroatoms. The van der Waals surface area contributed by atoms with Gasteiger partial charge in [-0.25, -0.2) is 4.68 Å². The van der Waals surface area contributed by atoms with Gasteiger partial charge in [0.1, 0.15) is 5.69 Å². The molecule has 1 aromatic heterocycles. The van der Waals surface area contributed by atoms with E-state index in [9.17, 15) is 18.0 Å². The molecule has 114 valence electrons. The van der Waals surface area contributed by atoms with Crippen molar-refractivity contribution in [1.29, 1.82) is 0 Å². The first-order valence-corrected chi connectivity index (χ1v) is 6.47. The van der Waals surface area contributed by atoms with Crippen molar-refractivity contribution < 1.29 is 13.2 Å². The lowest BCUT2D eigenvalue weighted by atomic mass is 10.1. The highest BCUT2D eigenvalue weighted by atomic mass is 19.4. The third-order valence-corrected chi connectivity index (χ3v) is 3.07. The van der Waals surface area contributed by atoms with Gasteiger partial charge in [-0.15, -0.1) is 0 Å². The number of H-pyrrole nitrogens is 1. The summed E-state index contributed by atoms with van der Waals surface area (Å²) in [7, 11) is 0. The van der Waals surface area contributed by atoms with Gasteiger partial charge in [-0.2, -0.15) is 13.2 Å². The summed E-state index contributed by atoms with van der Waals surface area (Å²) in [4.78, 5) is 12.0. The molecule has 0 bridgehead atoms. The maximum atomic E-state index is 12.5. The Morgan fingerprint density at radius 1 is 1.24 bits per heavy atom. The number of benzene rings is 1. The van der Waals surface area contributed by atoms with E-state index in [2.05, 4.69) is 5.10 Å². The van der Waals surface area contributed by atoms with Crippen molar-refractivity contribution in [2.75, 3.05) is 5.73 Å². The SMILES string of the molecule is CC(C)Cc1[nH]n(-c2ccc(C(F)(F)F)cc2)c(=O)c1N. The molecule has 0 spiro atoms. The second kappa shape index (κ2) is 5.31. The fourth-order valence-electron chi connectivity index (χ4n) is 2.04. The number of nitrogen functional groups attached to an aromatic ring is 1. The van der Waals surface area contributed by atoms with Crippen molar-refractivity contribution >= 4 is 5.69 Å². The summed E-state index contributed by atoms with van der Waals surface area (Å²) in [6, 6.07) is 4.33. The number of halogens is 3. The molecule has 3 N–H and O–H groups in total. The Bertz CT molecular complexity index is 681. The van der Waals surface area contributed by atoms with E-state index in [0.29, 0.717) is 23.7 Å². The molecular weight excluding hydrogens is 283 g/mol. The first-order chi connectivity index (χ1) is 9.70. The minimum Gasteiger partial charge on any atom is -0.393 e. The number of rotatable bonds is 3. The van der Waals surface area contributed by atoms with Crippen LogP contribution in [-0.4, -0.2) is 9.78 Å². The molecule has 0 unspecified atom stereocenters. The molecule has 0 saturated carbocycles. The Kier molecular flexibility index (Phi) is 3.85. The second-order valence-electron chi connectivity index (χ2n) is 5.29. The maximum absolute atomic E-state index is 12.5. The number of hydrogen-bond acceptors (Lipinski definition) is 2. The summed E-state index contributed by atoms with van der Waals surface area (Å²) in [6.07, 6.45) is -3.81. The molecule has 0 aliphatic rings. The van der Waals surface area contributed by atoms with Gasteiger partial charge in [0.05, 0.1) is 16.9 Å². The van der Waals surface area contributed by atoms with Crippen LogP contribution in [0.25, 0.3) is 5.69 Å². The van der Waals surface area contributed by atoms with Crippen LogP contribution in [0.3, 0.4) is 0 Å². The van der Waals surface area contributed by atoms with Crippen molar-refractivity contribution in [3.63, 3.8) is 0 Å². The van der Waals surface area contributed by atoms with Crippen molar-refractivity contribution in [3.05, 3.63) is 45.9 Å².